The number of halogens is 1. The second kappa shape index (κ2) is 4.42. The molecule has 15 heavy (non-hydrogen) atoms. The number of rotatable bonds is 4. The lowest BCUT2D eigenvalue weighted by Crippen LogP contribution is -2.25. The fraction of sp³-hybridized carbons (Fsp3) is 0.500. The van der Waals surface area contributed by atoms with Gasteiger partial charge in [-0.1, -0.05) is 24.6 Å². The minimum Gasteiger partial charge on any atom is -0.398 e. The monoisotopic (exact) mass is 224 g/mol. The van der Waals surface area contributed by atoms with Gasteiger partial charge in [0.15, 0.2) is 0 Å². The van der Waals surface area contributed by atoms with Crippen molar-refractivity contribution in [3.63, 3.8) is 0 Å². The zero-order chi connectivity index (χ0) is 10.8. The van der Waals surface area contributed by atoms with Crippen molar-refractivity contribution in [1.82, 2.24) is 4.90 Å². The standard InChI is InChI=1S/C12H17ClN2/c1-2-15(9-6-7-9)8-10-11(13)4-3-5-12(10)14/h3-5,9H,2,6-8,14H2,1H3. The summed E-state index contributed by atoms with van der Waals surface area (Å²) in [4.78, 5) is 2.44. The highest BCUT2D eigenvalue weighted by molar-refractivity contribution is 6.31. The van der Waals surface area contributed by atoms with Crippen molar-refractivity contribution in [3.8, 4) is 0 Å². The summed E-state index contributed by atoms with van der Waals surface area (Å²) in [5.74, 6) is 0. The molecule has 1 aliphatic carbocycles. The SMILES string of the molecule is CCN(Cc1c(N)cccc1Cl)C1CC1. The third kappa shape index (κ3) is 2.44. The third-order valence-corrected chi connectivity index (χ3v) is 3.34. The Bertz CT molecular complexity index is 327. The molecular weight excluding hydrogens is 208 g/mol. The molecule has 2 nitrogen and oxygen atoms in total. The van der Waals surface area contributed by atoms with Crippen LogP contribution in [0, 0.1) is 0 Å². The zero-order valence-electron chi connectivity index (χ0n) is 9.04. The van der Waals surface area contributed by atoms with Gasteiger partial charge in [-0.3, -0.25) is 4.90 Å². The van der Waals surface area contributed by atoms with Crippen LogP contribution in [0.4, 0.5) is 5.69 Å². The Morgan fingerprint density at radius 1 is 1.47 bits per heavy atom. The van der Waals surface area contributed by atoms with Gasteiger partial charge < -0.3 is 5.73 Å². The minimum absolute atomic E-state index is 0.755. The first-order valence-electron chi connectivity index (χ1n) is 5.49. The second-order valence-corrected chi connectivity index (χ2v) is 4.51. The van der Waals surface area contributed by atoms with Crippen molar-refractivity contribution in [1.29, 1.82) is 0 Å². The summed E-state index contributed by atoms with van der Waals surface area (Å²) in [6.07, 6.45) is 2.64. The van der Waals surface area contributed by atoms with Crippen LogP contribution in [0.5, 0.6) is 0 Å². The van der Waals surface area contributed by atoms with Crippen LogP contribution < -0.4 is 5.73 Å². The molecule has 1 saturated carbocycles. The van der Waals surface area contributed by atoms with Crippen LogP contribution in [-0.4, -0.2) is 17.5 Å². The lowest BCUT2D eigenvalue weighted by Gasteiger charge is -2.21. The third-order valence-electron chi connectivity index (χ3n) is 2.99. The Hall–Kier alpha value is -0.730. The summed E-state index contributed by atoms with van der Waals surface area (Å²) < 4.78 is 0. The fourth-order valence-electron chi connectivity index (χ4n) is 1.88. The van der Waals surface area contributed by atoms with E-state index in [4.69, 9.17) is 17.3 Å². The van der Waals surface area contributed by atoms with E-state index in [2.05, 4.69) is 11.8 Å². The molecule has 1 aromatic carbocycles. The van der Waals surface area contributed by atoms with E-state index < -0.39 is 0 Å². The van der Waals surface area contributed by atoms with E-state index in [-0.39, 0.29) is 0 Å². The molecule has 0 aromatic heterocycles. The van der Waals surface area contributed by atoms with Gasteiger partial charge in [-0.05, 0) is 31.5 Å². The summed E-state index contributed by atoms with van der Waals surface area (Å²) >= 11 is 6.15. The predicted molar refractivity (Wildman–Crippen MR) is 65.0 cm³/mol. The van der Waals surface area contributed by atoms with Crippen LogP contribution >= 0.6 is 11.6 Å². The Morgan fingerprint density at radius 3 is 2.73 bits per heavy atom. The number of nitrogen functional groups attached to an aromatic ring is 1. The first-order chi connectivity index (χ1) is 7.22. The highest BCUT2D eigenvalue weighted by atomic mass is 35.5. The molecule has 2 rings (SSSR count). The number of anilines is 1. The van der Waals surface area contributed by atoms with E-state index in [1.54, 1.807) is 0 Å². The molecule has 0 heterocycles. The first-order valence-corrected chi connectivity index (χ1v) is 5.87. The topological polar surface area (TPSA) is 29.3 Å². The van der Waals surface area contributed by atoms with Crippen molar-refractivity contribution in [2.75, 3.05) is 12.3 Å². The molecule has 2 N–H and O–H groups in total. The number of hydrogen-bond acceptors (Lipinski definition) is 2. The number of nitrogens with two attached hydrogens (primary N) is 1. The molecule has 82 valence electrons. The van der Waals surface area contributed by atoms with Gasteiger partial charge in [-0.15, -0.1) is 0 Å². The molecule has 0 spiro atoms. The van der Waals surface area contributed by atoms with Gasteiger partial charge >= 0.3 is 0 Å². The first kappa shape index (κ1) is 10.8. The van der Waals surface area contributed by atoms with Crippen molar-refractivity contribution in [3.05, 3.63) is 28.8 Å². The quantitative estimate of drug-likeness (QED) is 0.797. The molecule has 3 heteroatoms. The van der Waals surface area contributed by atoms with Gasteiger partial charge in [0.25, 0.3) is 0 Å². The normalized spacial score (nSPS) is 15.9. The molecule has 0 aliphatic heterocycles. The maximum atomic E-state index is 6.15. The average Bonchev–Trinajstić information content (AvgIpc) is 3.01. The molecule has 0 bridgehead atoms. The van der Waals surface area contributed by atoms with E-state index in [0.29, 0.717) is 0 Å². The molecule has 0 radical (unpaired) electrons. The van der Waals surface area contributed by atoms with Crippen LogP contribution in [0.15, 0.2) is 18.2 Å². The molecule has 1 fully saturated rings. The van der Waals surface area contributed by atoms with Gasteiger partial charge in [0.2, 0.25) is 0 Å². The molecule has 1 aromatic rings. The van der Waals surface area contributed by atoms with Gasteiger partial charge in [-0.25, -0.2) is 0 Å². The Morgan fingerprint density at radius 2 is 2.20 bits per heavy atom. The largest absolute Gasteiger partial charge is 0.398 e. The van der Waals surface area contributed by atoms with Gasteiger partial charge in [0.05, 0.1) is 0 Å². The molecule has 1 aliphatic rings. The highest BCUT2D eigenvalue weighted by Crippen LogP contribution is 2.31. The van der Waals surface area contributed by atoms with E-state index in [9.17, 15) is 0 Å². The maximum Gasteiger partial charge on any atom is 0.0471 e. The minimum atomic E-state index is 0.755. The lowest BCUT2D eigenvalue weighted by atomic mass is 10.1. The van der Waals surface area contributed by atoms with E-state index in [1.165, 1.54) is 12.8 Å². The Balaban J connectivity index is 2.14. The summed E-state index contributed by atoms with van der Waals surface area (Å²) in [5.41, 5.74) is 7.82. The number of nitrogens with zero attached hydrogens (tertiary/aromatic N) is 1. The van der Waals surface area contributed by atoms with Crippen molar-refractivity contribution in [2.24, 2.45) is 0 Å². The molecule has 0 amide bonds. The second-order valence-electron chi connectivity index (χ2n) is 4.10. The molecular formula is C12H17ClN2. The molecule has 0 saturated heterocycles. The van der Waals surface area contributed by atoms with Crippen LogP contribution in [0.3, 0.4) is 0 Å². The molecule has 0 atom stereocenters. The van der Waals surface area contributed by atoms with Crippen molar-refractivity contribution >= 4 is 17.3 Å². The fourth-order valence-corrected chi connectivity index (χ4v) is 2.13. The van der Waals surface area contributed by atoms with Crippen LogP contribution in [0.25, 0.3) is 0 Å². The maximum absolute atomic E-state index is 6.15. The summed E-state index contributed by atoms with van der Waals surface area (Å²) in [6.45, 7) is 4.13. The zero-order valence-corrected chi connectivity index (χ0v) is 9.80. The van der Waals surface area contributed by atoms with Crippen molar-refractivity contribution in [2.45, 2.75) is 32.4 Å². The Labute approximate surface area is 96.0 Å². The predicted octanol–water partition coefficient (Wildman–Crippen LogP) is 2.91. The number of hydrogen-bond donors (Lipinski definition) is 1. The summed E-state index contributed by atoms with van der Waals surface area (Å²) in [7, 11) is 0. The van der Waals surface area contributed by atoms with E-state index in [0.717, 1.165) is 35.4 Å². The Kier molecular flexibility index (Phi) is 3.17. The molecule has 0 unspecified atom stereocenters. The van der Waals surface area contributed by atoms with Crippen LogP contribution in [0.1, 0.15) is 25.3 Å². The van der Waals surface area contributed by atoms with Gasteiger partial charge in [-0.2, -0.15) is 0 Å². The van der Waals surface area contributed by atoms with Crippen molar-refractivity contribution < 1.29 is 0 Å². The van der Waals surface area contributed by atoms with E-state index >= 15 is 0 Å². The number of benzene rings is 1. The smallest absolute Gasteiger partial charge is 0.0471 e. The lowest BCUT2D eigenvalue weighted by molar-refractivity contribution is 0.270. The van der Waals surface area contributed by atoms with Crippen LogP contribution in [0.2, 0.25) is 5.02 Å². The average molecular weight is 225 g/mol. The van der Waals surface area contributed by atoms with Gasteiger partial charge in [0.1, 0.15) is 0 Å². The summed E-state index contributed by atoms with van der Waals surface area (Å²) in [5, 5.41) is 0.786. The van der Waals surface area contributed by atoms with Crippen LogP contribution in [-0.2, 0) is 6.54 Å². The highest BCUT2D eigenvalue weighted by Gasteiger charge is 2.28. The van der Waals surface area contributed by atoms with E-state index in [1.807, 2.05) is 18.2 Å². The summed E-state index contributed by atoms with van der Waals surface area (Å²) in [6, 6.07) is 6.48. The van der Waals surface area contributed by atoms with Gasteiger partial charge in [0, 0.05) is 28.9 Å².